The number of benzene rings is 1. The summed E-state index contributed by atoms with van der Waals surface area (Å²) in [4.78, 5) is 21.1. The number of nitrogens with one attached hydrogen (secondary N) is 2. The second-order valence-electron chi connectivity index (χ2n) is 8.14. The Labute approximate surface area is 205 Å². The minimum atomic E-state index is -4.70. The van der Waals surface area contributed by atoms with Crippen LogP contribution in [0.1, 0.15) is 11.1 Å². The number of rotatable bonds is 6. The van der Waals surface area contributed by atoms with Gasteiger partial charge in [0.1, 0.15) is 17.7 Å². The molecule has 3 N–H and O–H groups in total. The van der Waals surface area contributed by atoms with E-state index in [9.17, 15) is 31.5 Å². The van der Waals surface area contributed by atoms with Crippen LogP contribution in [-0.4, -0.2) is 55.1 Å². The van der Waals surface area contributed by atoms with Crippen LogP contribution in [0, 0.1) is 6.92 Å². The van der Waals surface area contributed by atoms with E-state index in [4.69, 9.17) is 0 Å². The molecule has 0 aliphatic carbocycles. The maximum atomic E-state index is 13.7. The highest BCUT2D eigenvalue weighted by atomic mass is 32.2. The van der Waals surface area contributed by atoms with Crippen LogP contribution < -0.4 is 14.9 Å². The van der Waals surface area contributed by atoms with Crippen LogP contribution in [0.4, 0.5) is 24.8 Å². The monoisotopic (exact) mass is 521 g/mol. The van der Waals surface area contributed by atoms with E-state index in [1.165, 1.54) is 18.2 Å². The molecule has 3 aromatic rings. The predicted octanol–water partition coefficient (Wildman–Crippen LogP) is 3.13. The van der Waals surface area contributed by atoms with Crippen LogP contribution in [-0.2, 0) is 21.0 Å². The molecular formula is C23H22F3N5O4S. The number of pyridine rings is 2. The molecule has 1 aliphatic heterocycles. The summed E-state index contributed by atoms with van der Waals surface area (Å²) in [5.74, 6) is -1.09. The zero-order chi connectivity index (χ0) is 26.1. The molecule has 0 amide bonds. The highest BCUT2D eigenvalue weighted by Gasteiger charge is 2.35. The molecule has 190 valence electrons. The van der Waals surface area contributed by atoms with Gasteiger partial charge in [-0.05, 0) is 36.8 Å². The van der Waals surface area contributed by atoms with Crippen molar-refractivity contribution in [2.45, 2.75) is 24.2 Å². The van der Waals surface area contributed by atoms with Crippen LogP contribution in [0.5, 0.6) is 0 Å². The molecule has 0 spiro atoms. The summed E-state index contributed by atoms with van der Waals surface area (Å²) in [5, 5.41) is 11.7. The zero-order valence-electron chi connectivity index (χ0n) is 19.0. The maximum Gasteiger partial charge on any atom is 0.418 e. The van der Waals surface area contributed by atoms with E-state index in [-0.39, 0.29) is 28.8 Å². The van der Waals surface area contributed by atoms with E-state index in [1.54, 1.807) is 36.1 Å². The number of piperazine rings is 1. The van der Waals surface area contributed by atoms with Gasteiger partial charge in [-0.3, -0.25) is 9.52 Å². The van der Waals surface area contributed by atoms with Gasteiger partial charge < -0.3 is 15.3 Å². The average Bonchev–Trinajstić information content (AvgIpc) is 2.83. The number of halogens is 3. The van der Waals surface area contributed by atoms with Crippen molar-refractivity contribution in [3.63, 3.8) is 0 Å². The van der Waals surface area contributed by atoms with Crippen LogP contribution in [0.3, 0.4) is 0 Å². The molecule has 0 saturated carbocycles. The van der Waals surface area contributed by atoms with Crippen molar-refractivity contribution < 1.29 is 31.5 Å². The number of carbonyl (C=O) groups is 1. The molecular weight excluding hydrogens is 499 g/mol. The van der Waals surface area contributed by atoms with E-state index in [0.29, 0.717) is 18.7 Å². The topological polar surface area (TPSA) is 125 Å². The van der Waals surface area contributed by atoms with E-state index in [0.717, 1.165) is 12.1 Å². The largest absolute Gasteiger partial charge is 0.480 e. The Hall–Kier alpha value is -3.71. The quantitative estimate of drug-likeness (QED) is 0.452. The zero-order valence-corrected chi connectivity index (χ0v) is 19.8. The molecule has 36 heavy (non-hydrogen) atoms. The van der Waals surface area contributed by atoms with Gasteiger partial charge in [-0.15, -0.1) is 0 Å². The number of nitrogens with zero attached hydrogens (tertiary/aromatic N) is 3. The van der Waals surface area contributed by atoms with Crippen molar-refractivity contribution >= 4 is 27.6 Å². The van der Waals surface area contributed by atoms with Gasteiger partial charge in [0.25, 0.3) is 10.0 Å². The Morgan fingerprint density at radius 3 is 2.56 bits per heavy atom. The van der Waals surface area contributed by atoms with Gasteiger partial charge in [0.2, 0.25) is 0 Å². The van der Waals surface area contributed by atoms with Crippen molar-refractivity contribution in [1.29, 1.82) is 0 Å². The maximum absolute atomic E-state index is 13.7. The number of hydrogen-bond acceptors (Lipinski definition) is 7. The second-order valence-corrected chi connectivity index (χ2v) is 9.77. The average molecular weight is 522 g/mol. The first-order valence-corrected chi connectivity index (χ1v) is 12.3. The predicted molar refractivity (Wildman–Crippen MR) is 126 cm³/mol. The molecule has 1 aliphatic rings. The van der Waals surface area contributed by atoms with Gasteiger partial charge in [-0.1, -0.05) is 30.3 Å². The van der Waals surface area contributed by atoms with E-state index >= 15 is 0 Å². The van der Waals surface area contributed by atoms with Gasteiger partial charge in [0, 0.05) is 25.2 Å². The summed E-state index contributed by atoms with van der Waals surface area (Å²) >= 11 is 0. The van der Waals surface area contributed by atoms with Crippen LogP contribution in [0.25, 0.3) is 11.3 Å². The Kier molecular flexibility index (Phi) is 6.87. The molecule has 1 aromatic carbocycles. The molecule has 13 heteroatoms. The molecule has 1 fully saturated rings. The third-order valence-corrected chi connectivity index (χ3v) is 6.88. The Balaban J connectivity index is 1.66. The summed E-state index contributed by atoms with van der Waals surface area (Å²) < 4.78 is 69.3. The Morgan fingerprint density at radius 2 is 1.86 bits per heavy atom. The van der Waals surface area contributed by atoms with Gasteiger partial charge in [-0.2, -0.15) is 21.6 Å². The lowest BCUT2D eigenvalue weighted by atomic mass is 10.0. The third kappa shape index (κ3) is 5.41. The molecule has 0 bridgehead atoms. The minimum Gasteiger partial charge on any atom is -0.480 e. The molecule has 4 rings (SSSR count). The smallest absolute Gasteiger partial charge is 0.418 e. The third-order valence-electron chi connectivity index (χ3n) is 5.62. The number of aryl methyl sites for hydroxylation is 1. The Bertz CT molecular complexity index is 1400. The minimum absolute atomic E-state index is 0.0828. The van der Waals surface area contributed by atoms with Crippen molar-refractivity contribution in [1.82, 2.24) is 15.3 Å². The normalized spacial score (nSPS) is 16.6. The number of aromatic nitrogens is 2. The highest BCUT2D eigenvalue weighted by molar-refractivity contribution is 7.92. The van der Waals surface area contributed by atoms with Crippen LogP contribution >= 0.6 is 0 Å². The number of alkyl halides is 3. The summed E-state index contributed by atoms with van der Waals surface area (Å²) in [6.07, 6.45) is -4.70. The fourth-order valence-electron chi connectivity index (χ4n) is 3.83. The molecule has 1 saturated heterocycles. The lowest BCUT2D eigenvalue weighted by molar-refractivity contribution is -0.139. The number of carboxylic acid groups (broad SMARTS) is 1. The van der Waals surface area contributed by atoms with E-state index < -0.39 is 39.5 Å². The van der Waals surface area contributed by atoms with Gasteiger partial charge in [0.15, 0.2) is 5.03 Å². The summed E-state index contributed by atoms with van der Waals surface area (Å²) in [5.41, 5.74) is -0.632. The number of carboxylic acids is 1. The highest BCUT2D eigenvalue weighted by Crippen LogP contribution is 2.38. The number of anilines is 2. The SMILES string of the molecule is Cc1ccccc1-c1nc(NS(=O)(=O)c2cccc(N3CCN[C@@H](C(=O)O)C3)n2)ccc1C(F)(F)F. The standard InChI is InChI=1S/C23H22F3N5O4S/c1-14-5-2-3-6-15(14)21-16(23(24,25)26)9-10-18(28-21)30-36(34,35)20-8-4-7-19(29-20)31-12-11-27-17(13-31)22(32)33/h2-10,17,27H,11-13H2,1H3,(H,28,30)(H,32,33)/t17-/m1/s1. The first kappa shape index (κ1) is 25.4. The first-order chi connectivity index (χ1) is 17.0. The van der Waals surface area contributed by atoms with Crippen LogP contribution in [0.15, 0.2) is 59.6 Å². The lowest BCUT2D eigenvalue weighted by Gasteiger charge is -2.32. The van der Waals surface area contributed by atoms with Crippen molar-refractivity contribution in [3.8, 4) is 11.3 Å². The van der Waals surface area contributed by atoms with E-state index in [2.05, 4.69) is 20.0 Å². The second kappa shape index (κ2) is 9.74. The van der Waals surface area contributed by atoms with Gasteiger partial charge in [-0.25, -0.2) is 9.97 Å². The van der Waals surface area contributed by atoms with E-state index in [1.807, 2.05) is 0 Å². The van der Waals surface area contributed by atoms with Crippen molar-refractivity contribution in [3.05, 3.63) is 65.7 Å². The summed E-state index contributed by atoms with van der Waals surface area (Å²) in [6.45, 7) is 2.49. The fraction of sp³-hybridized carbons (Fsp3) is 0.261. The first-order valence-electron chi connectivity index (χ1n) is 10.8. The molecule has 3 heterocycles. The molecule has 0 unspecified atom stereocenters. The van der Waals surface area contributed by atoms with Crippen molar-refractivity contribution in [2.75, 3.05) is 29.3 Å². The van der Waals surface area contributed by atoms with Gasteiger partial charge in [0.05, 0.1) is 11.3 Å². The molecule has 0 radical (unpaired) electrons. The number of sulfonamides is 1. The number of aliphatic carboxylic acids is 1. The summed E-state index contributed by atoms with van der Waals surface area (Å²) in [6, 6.07) is 11.5. The van der Waals surface area contributed by atoms with Crippen molar-refractivity contribution in [2.24, 2.45) is 0 Å². The lowest BCUT2D eigenvalue weighted by Crippen LogP contribution is -2.54. The number of hydrogen-bond donors (Lipinski definition) is 3. The molecule has 9 nitrogen and oxygen atoms in total. The van der Waals surface area contributed by atoms with Crippen LogP contribution in [0.2, 0.25) is 0 Å². The fourth-order valence-corrected chi connectivity index (χ4v) is 4.80. The molecule has 2 aromatic heterocycles. The van der Waals surface area contributed by atoms with Gasteiger partial charge >= 0.3 is 12.1 Å². The summed E-state index contributed by atoms with van der Waals surface area (Å²) in [7, 11) is -4.33. The molecule has 1 atom stereocenters. The Morgan fingerprint density at radius 1 is 1.11 bits per heavy atom.